The first kappa shape index (κ1) is 12.9. The van der Waals surface area contributed by atoms with Crippen LogP contribution in [0.15, 0.2) is 0 Å². The van der Waals surface area contributed by atoms with Crippen molar-refractivity contribution in [2.75, 3.05) is 13.1 Å². The average molecular weight is 238 g/mol. The topological polar surface area (TPSA) is 32.3 Å². The van der Waals surface area contributed by atoms with Crippen LogP contribution in [0.5, 0.6) is 0 Å². The Balaban J connectivity index is 1.83. The molecule has 0 aromatic rings. The van der Waals surface area contributed by atoms with E-state index in [0.29, 0.717) is 6.04 Å². The van der Waals surface area contributed by atoms with E-state index in [9.17, 15) is 4.79 Å². The van der Waals surface area contributed by atoms with Gasteiger partial charge in [-0.3, -0.25) is 9.69 Å². The third-order valence-electron chi connectivity index (χ3n) is 4.27. The predicted molar refractivity (Wildman–Crippen MR) is 69.9 cm³/mol. The minimum Gasteiger partial charge on any atom is -0.352 e. The summed E-state index contributed by atoms with van der Waals surface area (Å²) in [6.45, 7) is 4.43. The largest absolute Gasteiger partial charge is 0.352 e. The van der Waals surface area contributed by atoms with E-state index >= 15 is 0 Å². The van der Waals surface area contributed by atoms with Gasteiger partial charge in [-0.05, 0) is 32.2 Å². The Morgan fingerprint density at radius 1 is 1.18 bits per heavy atom. The van der Waals surface area contributed by atoms with Gasteiger partial charge in [0.1, 0.15) is 0 Å². The fraction of sp³-hybridized carbons (Fsp3) is 0.929. The van der Waals surface area contributed by atoms with E-state index in [0.717, 1.165) is 38.4 Å². The Kier molecular flexibility index (Phi) is 4.84. The van der Waals surface area contributed by atoms with Crippen molar-refractivity contribution < 1.29 is 4.79 Å². The summed E-state index contributed by atoms with van der Waals surface area (Å²) in [5, 5.41) is 3.14. The first-order valence-corrected chi connectivity index (χ1v) is 7.33. The SMILES string of the molecule is CCN(CC1CCCC(=O)N1)C1CCCCC1. The van der Waals surface area contributed by atoms with E-state index in [4.69, 9.17) is 0 Å². The first-order valence-electron chi connectivity index (χ1n) is 7.33. The van der Waals surface area contributed by atoms with Gasteiger partial charge in [0, 0.05) is 25.0 Å². The molecule has 1 unspecified atom stereocenters. The number of nitrogens with one attached hydrogen (secondary N) is 1. The van der Waals surface area contributed by atoms with Crippen molar-refractivity contribution in [3.05, 3.63) is 0 Å². The summed E-state index contributed by atoms with van der Waals surface area (Å²) in [6.07, 6.45) is 9.85. The molecule has 1 saturated heterocycles. The Morgan fingerprint density at radius 3 is 2.59 bits per heavy atom. The number of hydrogen-bond donors (Lipinski definition) is 1. The fourth-order valence-electron chi connectivity index (χ4n) is 3.28. The molecule has 2 fully saturated rings. The smallest absolute Gasteiger partial charge is 0.220 e. The predicted octanol–water partition coefficient (Wildman–Crippen LogP) is 2.31. The lowest BCUT2D eigenvalue weighted by atomic mass is 9.93. The van der Waals surface area contributed by atoms with Gasteiger partial charge in [-0.15, -0.1) is 0 Å². The maximum absolute atomic E-state index is 11.4. The maximum atomic E-state index is 11.4. The summed E-state index contributed by atoms with van der Waals surface area (Å²) in [7, 11) is 0. The van der Waals surface area contributed by atoms with E-state index in [1.165, 1.54) is 32.1 Å². The molecule has 1 saturated carbocycles. The van der Waals surface area contributed by atoms with E-state index in [-0.39, 0.29) is 5.91 Å². The van der Waals surface area contributed by atoms with Crippen LogP contribution in [0, 0.1) is 0 Å². The van der Waals surface area contributed by atoms with Gasteiger partial charge in [0.05, 0.1) is 0 Å². The molecule has 1 aliphatic carbocycles. The highest BCUT2D eigenvalue weighted by Gasteiger charge is 2.25. The number of hydrogen-bond acceptors (Lipinski definition) is 2. The maximum Gasteiger partial charge on any atom is 0.220 e. The zero-order valence-electron chi connectivity index (χ0n) is 11.1. The molecule has 3 heteroatoms. The Morgan fingerprint density at radius 2 is 1.94 bits per heavy atom. The molecule has 17 heavy (non-hydrogen) atoms. The van der Waals surface area contributed by atoms with Crippen LogP contribution in [0.25, 0.3) is 0 Å². The van der Waals surface area contributed by atoms with Gasteiger partial charge in [0.15, 0.2) is 0 Å². The molecule has 1 aliphatic heterocycles. The van der Waals surface area contributed by atoms with Crippen molar-refractivity contribution in [3.63, 3.8) is 0 Å². The number of nitrogens with zero attached hydrogens (tertiary/aromatic N) is 1. The van der Waals surface area contributed by atoms with Crippen LogP contribution in [-0.4, -0.2) is 36.0 Å². The molecule has 1 amide bonds. The molecule has 0 bridgehead atoms. The van der Waals surface area contributed by atoms with Gasteiger partial charge in [0.25, 0.3) is 0 Å². The highest BCUT2D eigenvalue weighted by molar-refractivity contribution is 5.76. The van der Waals surface area contributed by atoms with E-state index in [1.54, 1.807) is 0 Å². The number of piperidine rings is 1. The molecular weight excluding hydrogens is 212 g/mol. The molecule has 98 valence electrons. The molecule has 2 rings (SSSR count). The zero-order chi connectivity index (χ0) is 12.1. The zero-order valence-corrected chi connectivity index (χ0v) is 11.1. The van der Waals surface area contributed by atoms with Gasteiger partial charge < -0.3 is 5.32 Å². The Hall–Kier alpha value is -0.570. The van der Waals surface area contributed by atoms with Gasteiger partial charge in [-0.25, -0.2) is 0 Å². The first-order chi connectivity index (χ1) is 8.29. The number of carbonyl (C=O) groups is 1. The standard InChI is InChI=1S/C14H26N2O/c1-2-16(13-8-4-3-5-9-13)11-12-7-6-10-14(17)15-12/h12-13H,2-11H2,1H3,(H,15,17). The van der Waals surface area contributed by atoms with Crippen LogP contribution in [0.4, 0.5) is 0 Å². The monoisotopic (exact) mass is 238 g/mol. The van der Waals surface area contributed by atoms with Crippen molar-refractivity contribution in [3.8, 4) is 0 Å². The second-order valence-corrected chi connectivity index (χ2v) is 5.54. The van der Waals surface area contributed by atoms with E-state index < -0.39 is 0 Å². The molecule has 0 aromatic heterocycles. The van der Waals surface area contributed by atoms with Crippen LogP contribution >= 0.6 is 0 Å². The summed E-state index contributed by atoms with van der Waals surface area (Å²) < 4.78 is 0. The quantitative estimate of drug-likeness (QED) is 0.815. The molecule has 0 radical (unpaired) electrons. The highest BCUT2D eigenvalue weighted by atomic mass is 16.1. The van der Waals surface area contributed by atoms with Crippen molar-refractivity contribution >= 4 is 5.91 Å². The number of amides is 1. The van der Waals surface area contributed by atoms with Crippen LogP contribution in [-0.2, 0) is 4.79 Å². The van der Waals surface area contributed by atoms with E-state index in [2.05, 4.69) is 17.1 Å². The lowest BCUT2D eigenvalue weighted by Crippen LogP contribution is -2.49. The summed E-state index contributed by atoms with van der Waals surface area (Å²) >= 11 is 0. The van der Waals surface area contributed by atoms with Gasteiger partial charge in [-0.2, -0.15) is 0 Å². The molecule has 1 atom stereocenters. The Labute approximate surface area is 105 Å². The molecule has 3 nitrogen and oxygen atoms in total. The highest BCUT2D eigenvalue weighted by Crippen LogP contribution is 2.23. The summed E-state index contributed by atoms with van der Waals surface area (Å²) in [6, 6.07) is 1.17. The van der Waals surface area contributed by atoms with Crippen LogP contribution < -0.4 is 5.32 Å². The van der Waals surface area contributed by atoms with Gasteiger partial charge in [-0.1, -0.05) is 26.2 Å². The molecule has 0 aromatic carbocycles. The van der Waals surface area contributed by atoms with E-state index in [1.807, 2.05) is 0 Å². The third-order valence-corrected chi connectivity index (χ3v) is 4.27. The molecular formula is C14H26N2O. The number of rotatable bonds is 4. The van der Waals surface area contributed by atoms with Gasteiger partial charge in [0.2, 0.25) is 5.91 Å². The molecule has 1 N–H and O–H groups in total. The second-order valence-electron chi connectivity index (χ2n) is 5.54. The third kappa shape index (κ3) is 3.70. The second kappa shape index (κ2) is 6.39. The lowest BCUT2D eigenvalue weighted by molar-refractivity contribution is -0.123. The molecule has 2 aliphatic rings. The average Bonchev–Trinajstić information content (AvgIpc) is 2.37. The molecule has 0 spiro atoms. The van der Waals surface area contributed by atoms with Crippen LogP contribution in [0.1, 0.15) is 58.3 Å². The minimum absolute atomic E-state index is 0.251. The minimum atomic E-state index is 0.251. The van der Waals surface area contributed by atoms with Crippen molar-refractivity contribution in [1.29, 1.82) is 0 Å². The number of carbonyl (C=O) groups excluding carboxylic acids is 1. The van der Waals surface area contributed by atoms with Crippen molar-refractivity contribution in [1.82, 2.24) is 10.2 Å². The van der Waals surface area contributed by atoms with Crippen LogP contribution in [0.2, 0.25) is 0 Å². The van der Waals surface area contributed by atoms with Crippen molar-refractivity contribution in [2.24, 2.45) is 0 Å². The summed E-state index contributed by atoms with van der Waals surface area (Å²) in [5.41, 5.74) is 0. The van der Waals surface area contributed by atoms with Crippen LogP contribution in [0.3, 0.4) is 0 Å². The summed E-state index contributed by atoms with van der Waals surface area (Å²) in [5.74, 6) is 0.251. The molecule has 1 heterocycles. The van der Waals surface area contributed by atoms with Gasteiger partial charge >= 0.3 is 0 Å². The fourth-order valence-corrected chi connectivity index (χ4v) is 3.28. The lowest BCUT2D eigenvalue weighted by Gasteiger charge is -2.37. The summed E-state index contributed by atoms with van der Waals surface area (Å²) in [4.78, 5) is 14.0. The van der Waals surface area contributed by atoms with Crippen molar-refractivity contribution in [2.45, 2.75) is 70.4 Å². The normalized spacial score (nSPS) is 27.2. The Bertz CT molecular complexity index is 249. The number of likely N-dealkylation sites (N-methyl/N-ethyl adjacent to an activating group) is 1.